The largest absolute Gasteiger partial charge is 0.378 e. The second kappa shape index (κ2) is 5.87. The van der Waals surface area contributed by atoms with Gasteiger partial charge in [0.15, 0.2) is 0 Å². The second-order valence-electron chi connectivity index (χ2n) is 5.09. The first-order chi connectivity index (χ1) is 7.51. The van der Waals surface area contributed by atoms with Gasteiger partial charge in [0.25, 0.3) is 0 Å². The van der Waals surface area contributed by atoms with Crippen molar-refractivity contribution >= 4 is 17.5 Å². The number of ether oxygens (including phenoxy) is 1. The molecule has 1 aliphatic heterocycles. The van der Waals surface area contributed by atoms with Gasteiger partial charge in [-0.05, 0) is 26.7 Å². The average Bonchev–Trinajstić information content (AvgIpc) is 2.72. The summed E-state index contributed by atoms with van der Waals surface area (Å²) in [6, 6.07) is 0. The van der Waals surface area contributed by atoms with E-state index in [1.54, 1.807) is 0 Å². The minimum Gasteiger partial charge on any atom is -0.378 e. The molecule has 1 saturated heterocycles. The van der Waals surface area contributed by atoms with E-state index in [0.717, 1.165) is 19.4 Å². The van der Waals surface area contributed by atoms with Gasteiger partial charge in [0.05, 0.1) is 11.5 Å². The molecule has 1 heterocycles. The van der Waals surface area contributed by atoms with E-state index >= 15 is 0 Å². The van der Waals surface area contributed by atoms with Gasteiger partial charge in [-0.2, -0.15) is 0 Å². The molecule has 0 aromatic heterocycles. The molecule has 1 fully saturated rings. The van der Waals surface area contributed by atoms with Crippen LogP contribution in [-0.4, -0.2) is 31.0 Å². The summed E-state index contributed by atoms with van der Waals surface area (Å²) in [7, 11) is 0. The molecule has 0 aliphatic carbocycles. The van der Waals surface area contributed by atoms with E-state index in [1.165, 1.54) is 0 Å². The average molecular weight is 248 g/mol. The van der Waals surface area contributed by atoms with Crippen LogP contribution in [0.2, 0.25) is 0 Å². The standard InChI is InChI=1S/C12H22ClNO2/c1-4-10-9(5-6-16-10)7-14-11(15)12(2,3)8-13/h9-10H,4-8H2,1-3H3,(H,14,15). The lowest BCUT2D eigenvalue weighted by Gasteiger charge is -2.23. The van der Waals surface area contributed by atoms with Gasteiger partial charge in [-0.3, -0.25) is 4.79 Å². The van der Waals surface area contributed by atoms with Gasteiger partial charge in [0.1, 0.15) is 0 Å². The maximum atomic E-state index is 11.8. The Morgan fingerprint density at radius 1 is 1.56 bits per heavy atom. The van der Waals surface area contributed by atoms with Crippen molar-refractivity contribution in [1.82, 2.24) is 5.32 Å². The third kappa shape index (κ3) is 3.36. The molecule has 2 atom stereocenters. The Morgan fingerprint density at radius 2 is 2.25 bits per heavy atom. The van der Waals surface area contributed by atoms with Crippen molar-refractivity contribution in [1.29, 1.82) is 0 Å². The molecule has 0 aromatic rings. The van der Waals surface area contributed by atoms with E-state index in [2.05, 4.69) is 12.2 Å². The first-order valence-corrected chi connectivity index (χ1v) is 6.50. The van der Waals surface area contributed by atoms with Crippen LogP contribution >= 0.6 is 11.6 Å². The molecule has 0 radical (unpaired) electrons. The van der Waals surface area contributed by atoms with Crippen LogP contribution in [0.25, 0.3) is 0 Å². The van der Waals surface area contributed by atoms with Crippen LogP contribution < -0.4 is 5.32 Å². The molecule has 0 spiro atoms. The van der Waals surface area contributed by atoms with Crippen molar-refractivity contribution < 1.29 is 9.53 Å². The zero-order valence-corrected chi connectivity index (χ0v) is 11.1. The van der Waals surface area contributed by atoms with Gasteiger partial charge in [-0.15, -0.1) is 11.6 Å². The first-order valence-electron chi connectivity index (χ1n) is 5.97. The Morgan fingerprint density at radius 3 is 2.81 bits per heavy atom. The Balaban J connectivity index is 2.37. The Labute approximate surface area is 103 Å². The van der Waals surface area contributed by atoms with Crippen LogP contribution in [0.4, 0.5) is 0 Å². The maximum absolute atomic E-state index is 11.8. The fourth-order valence-electron chi connectivity index (χ4n) is 1.90. The molecule has 1 aliphatic rings. The molecule has 4 heteroatoms. The number of alkyl halides is 1. The van der Waals surface area contributed by atoms with E-state index in [0.29, 0.717) is 24.4 Å². The summed E-state index contributed by atoms with van der Waals surface area (Å²) >= 11 is 5.75. The molecule has 1 amide bonds. The predicted octanol–water partition coefficient (Wildman–Crippen LogP) is 2.18. The van der Waals surface area contributed by atoms with Gasteiger partial charge in [0.2, 0.25) is 5.91 Å². The highest BCUT2D eigenvalue weighted by atomic mass is 35.5. The van der Waals surface area contributed by atoms with Crippen molar-refractivity contribution in [2.24, 2.45) is 11.3 Å². The van der Waals surface area contributed by atoms with E-state index in [4.69, 9.17) is 16.3 Å². The predicted molar refractivity (Wildman–Crippen MR) is 65.6 cm³/mol. The minimum absolute atomic E-state index is 0.0317. The van der Waals surface area contributed by atoms with Gasteiger partial charge in [-0.25, -0.2) is 0 Å². The maximum Gasteiger partial charge on any atom is 0.226 e. The highest BCUT2D eigenvalue weighted by molar-refractivity contribution is 6.19. The first kappa shape index (κ1) is 13.8. The monoisotopic (exact) mass is 247 g/mol. The van der Waals surface area contributed by atoms with Gasteiger partial charge >= 0.3 is 0 Å². The molecule has 0 saturated carbocycles. The van der Waals surface area contributed by atoms with Crippen LogP contribution in [0.5, 0.6) is 0 Å². The highest BCUT2D eigenvalue weighted by Crippen LogP contribution is 2.23. The molecule has 2 unspecified atom stereocenters. The molecule has 0 aromatic carbocycles. The lowest BCUT2D eigenvalue weighted by Crippen LogP contribution is -2.41. The zero-order chi connectivity index (χ0) is 12.2. The van der Waals surface area contributed by atoms with Gasteiger partial charge in [0, 0.05) is 24.9 Å². The summed E-state index contributed by atoms with van der Waals surface area (Å²) < 4.78 is 5.58. The second-order valence-corrected chi connectivity index (χ2v) is 5.36. The van der Waals surface area contributed by atoms with Crippen LogP contribution in [0, 0.1) is 11.3 Å². The van der Waals surface area contributed by atoms with Crippen LogP contribution in [0.15, 0.2) is 0 Å². The number of amides is 1. The SMILES string of the molecule is CCC1OCCC1CNC(=O)C(C)(C)CCl. The summed E-state index contributed by atoms with van der Waals surface area (Å²) in [5.74, 6) is 0.835. The molecule has 1 rings (SSSR count). The number of hydrogen-bond donors (Lipinski definition) is 1. The molecule has 1 N–H and O–H groups in total. The number of carbonyl (C=O) groups is 1. The Hall–Kier alpha value is -0.280. The van der Waals surface area contributed by atoms with Gasteiger partial charge in [-0.1, -0.05) is 6.92 Å². The van der Waals surface area contributed by atoms with E-state index in [1.807, 2.05) is 13.8 Å². The van der Waals surface area contributed by atoms with Crippen LogP contribution in [0.3, 0.4) is 0 Å². The molecular formula is C12H22ClNO2. The fraction of sp³-hybridized carbons (Fsp3) is 0.917. The van der Waals surface area contributed by atoms with Crippen LogP contribution in [-0.2, 0) is 9.53 Å². The zero-order valence-electron chi connectivity index (χ0n) is 10.4. The number of hydrogen-bond acceptors (Lipinski definition) is 2. The smallest absolute Gasteiger partial charge is 0.226 e. The van der Waals surface area contributed by atoms with Crippen molar-refractivity contribution in [2.45, 2.75) is 39.7 Å². The summed E-state index contributed by atoms with van der Waals surface area (Å²) in [6.07, 6.45) is 2.36. The lowest BCUT2D eigenvalue weighted by molar-refractivity contribution is -0.128. The Kier molecular flexibility index (Phi) is 5.06. The summed E-state index contributed by atoms with van der Waals surface area (Å²) in [6.45, 7) is 7.36. The van der Waals surface area contributed by atoms with Crippen molar-refractivity contribution in [3.05, 3.63) is 0 Å². The third-order valence-corrected chi connectivity index (χ3v) is 3.89. The van der Waals surface area contributed by atoms with Crippen molar-refractivity contribution in [3.63, 3.8) is 0 Å². The van der Waals surface area contributed by atoms with E-state index in [-0.39, 0.29) is 5.91 Å². The lowest BCUT2D eigenvalue weighted by atomic mass is 9.94. The van der Waals surface area contributed by atoms with E-state index in [9.17, 15) is 4.79 Å². The number of rotatable bonds is 5. The molecule has 0 bridgehead atoms. The van der Waals surface area contributed by atoms with Gasteiger partial charge < -0.3 is 10.1 Å². The third-order valence-electron chi connectivity index (χ3n) is 3.22. The van der Waals surface area contributed by atoms with Crippen molar-refractivity contribution in [2.75, 3.05) is 19.0 Å². The Bertz CT molecular complexity index is 243. The topological polar surface area (TPSA) is 38.3 Å². The minimum atomic E-state index is -0.483. The number of nitrogens with one attached hydrogen (secondary N) is 1. The highest BCUT2D eigenvalue weighted by Gasteiger charge is 2.30. The number of carbonyl (C=O) groups excluding carboxylic acids is 1. The molecule has 94 valence electrons. The van der Waals surface area contributed by atoms with Crippen molar-refractivity contribution in [3.8, 4) is 0 Å². The summed E-state index contributed by atoms with van der Waals surface area (Å²) in [5.41, 5.74) is -0.483. The fourth-order valence-corrected chi connectivity index (χ4v) is 2.02. The van der Waals surface area contributed by atoms with E-state index < -0.39 is 5.41 Å². The molecular weight excluding hydrogens is 226 g/mol. The van der Waals surface area contributed by atoms with Crippen LogP contribution in [0.1, 0.15) is 33.6 Å². The number of halogens is 1. The summed E-state index contributed by atoms with van der Waals surface area (Å²) in [4.78, 5) is 11.8. The molecule has 3 nitrogen and oxygen atoms in total. The normalized spacial score (nSPS) is 25.8. The summed E-state index contributed by atoms with van der Waals surface area (Å²) in [5, 5.41) is 2.98. The molecule has 16 heavy (non-hydrogen) atoms. The quantitative estimate of drug-likeness (QED) is 0.757.